The molecule has 9 nitrogen and oxygen atoms in total. The van der Waals surface area contributed by atoms with Crippen LogP contribution in [0.4, 0.5) is 0 Å². The molecular formula is C30H43N3O6S. The van der Waals surface area contributed by atoms with Crippen molar-refractivity contribution in [1.82, 2.24) is 14.1 Å². The molecule has 1 aliphatic heterocycles. The van der Waals surface area contributed by atoms with Gasteiger partial charge in [0.1, 0.15) is 11.5 Å². The summed E-state index contributed by atoms with van der Waals surface area (Å²) in [6.45, 7) is 8.92. The van der Waals surface area contributed by atoms with Gasteiger partial charge in [0.05, 0.1) is 26.5 Å². The highest BCUT2D eigenvalue weighted by atomic mass is 32.2. The third-order valence-corrected chi connectivity index (χ3v) is 9.02. The van der Waals surface area contributed by atoms with Gasteiger partial charge in [-0.05, 0) is 50.3 Å². The highest BCUT2D eigenvalue weighted by Gasteiger charge is 2.33. The largest absolute Gasteiger partial charge is 0.497 e. The van der Waals surface area contributed by atoms with Gasteiger partial charge in [0.25, 0.3) is 5.91 Å². The lowest BCUT2D eigenvalue weighted by Gasteiger charge is -2.39. The molecule has 0 atom stereocenters. The molecule has 3 rings (SSSR count). The number of nitrogens with zero attached hydrogens (tertiary/aromatic N) is 3. The van der Waals surface area contributed by atoms with Crippen LogP contribution in [0.5, 0.6) is 11.5 Å². The number of benzene rings is 2. The van der Waals surface area contributed by atoms with E-state index in [2.05, 4.69) is 0 Å². The van der Waals surface area contributed by atoms with E-state index >= 15 is 0 Å². The van der Waals surface area contributed by atoms with Crippen LogP contribution in [-0.4, -0.2) is 86.5 Å². The van der Waals surface area contributed by atoms with Gasteiger partial charge in [-0.25, -0.2) is 8.42 Å². The van der Waals surface area contributed by atoms with Gasteiger partial charge in [-0.2, -0.15) is 4.31 Å². The van der Waals surface area contributed by atoms with Gasteiger partial charge in [-0.3, -0.25) is 9.59 Å². The van der Waals surface area contributed by atoms with Crippen LogP contribution < -0.4 is 9.47 Å². The van der Waals surface area contributed by atoms with Crippen LogP contribution in [0.25, 0.3) is 0 Å². The van der Waals surface area contributed by atoms with Gasteiger partial charge in [-0.15, -0.1) is 0 Å². The van der Waals surface area contributed by atoms with Crippen LogP contribution in [0.1, 0.15) is 55.1 Å². The number of hydrogen-bond donors (Lipinski definition) is 0. The maximum atomic E-state index is 13.8. The summed E-state index contributed by atoms with van der Waals surface area (Å²) in [5, 5.41) is 0. The number of piperidine rings is 1. The molecule has 0 unspecified atom stereocenters. The van der Waals surface area contributed by atoms with Crippen molar-refractivity contribution in [3.8, 4) is 11.5 Å². The maximum Gasteiger partial charge on any atom is 0.254 e. The first-order chi connectivity index (χ1) is 19.0. The zero-order chi connectivity index (χ0) is 29.4. The molecule has 1 aliphatic rings. The topological polar surface area (TPSA) is 96.5 Å². The molecule has 0 bridgehead atoms. The van der Waals surface area contributed by atoms with Gasteiger partial charge in [0.15, 0.2) is 0 Å². The zero-order valence-corrected chi connectivity index (χ0v) is 25.4. The third kappa shape index (κ3) is 8.20. The lowest BCUT2D eigenvalue weighted by Crippen LogP contribution is -2.51. The molecule has 0 N–H and O–H groups in total. The lowest BCUT2D eigenvalue weighted by molar-refractivity contribution is -0.135. The average molecular weight is 574 g/mol. The van der Waals surface area contributed by atoms with Crippen LogP contribution in [0.3, 0.4) is 0 Å². The molecule has 10 heteroatoms. The molecule has 1 saturated heterocycles. The van der Waals surface area contributed by atoms with Crippen molar-refractivity contribution in [2.45, 2.75) is 53.1 Å². The van der Waals surface area contributed by atoms with Gasteiger partial charge in [0, 0.05) is 43.9 Å². The van der Waals surface area contributed by atoms with Crippen LogP contribution in [0, 0.1) is 12.8 Å². The molecule has 2 aromatic rings. The Morgan fingerprint density at radius 1 is 1.00 bits per heavy atom. The van der Waals surface area contributed by atoms with E-state index in [0.717, 1.165) is 11.1 Å². The smallest absolute Gasteiger partial charge is 0.254 e. The summed E-state index contributed by atoms with van der Waals surface area (Å²) in [7, 11) is -0.455. The van der Waals surface area contributed by atoms with Gasteiger partial charge in [-0.1, -0.05) is 43.7 Å². The van der Waals surface area contributed by atoms with E-state index in [1.54, 1.807) is 49.1 Å². The summed E-state index contributed by atoms with van der Waals surface area (Å²) in [4.78, 5) is 30.7. The van der Waals surface area contributed by atoms with Crippen LogP contribution in [-0.2, 0) is 21.4 Å². The number of hydrogen-bond acceptors (Lipinski definition) is 6. The fourth-order valence-corrected chi connectivity index (χ4v) is 6.11. The lowest BCUT2D eigenvalue weighted by atomic mass is 10.0. The second-order valence-electron chi connectivity index (χ2n) is 10.7. The first kappa shape index (κ1) is 31.4. The number of sulfonamides is 1. The quantitative estimate of drug-likeness (QED) is 0.382. The monoisotopic (exact) mass is 573 g/mol. The van der Waals surface area contributed by atoms with Gasteiger partial charge >= 0.3 is 0 Å². The molecule has 0 spiro atoms. The molecule has 0 saturated carbocycles. The predicted molar refractivity (Wildman–Crippen MR) is 156 cm³/mol. The summed E-state index contributed by atoms with van der Waals surface area (Å²) in [6, 6.07) is 13.0. The average Bonchev–Trinajstić information content (AvgIpc) is 2.95. The fourth-order valence-electron chi connectivity index (χ4n) is 4.91. The Kier molecular flexibility index (Phi) is 11.0. The normalized spacial score (nSPS) is 14.4. The SMILES string of the molecule is CCS(=O)(=O)N(CC(=O)N(Cc1ccc(C)cc1)C1CCN(C(=O)c2cc(OC)cc(OC)c2)CC1)CC(C)C. The van der Waals surface area contributed by atoms with Gasteiger partial charge in [0.2, 0.25) is 15.9 Å². The van der Waals surface area contributed by atoms with Crippen LogP contribution in [0.15, 0.2) is 42.5 Å². The Bertz CT molecular complexity index is 1230. The second-order valence-corrected chi connectivity index (χ2v) is 13.0. The van der Waals surface area contributed by atoms with Crippen molar-refractivity contribution in [2.24, 2.45) is 5.92 Å². The highest BCUT2D eigenvalue weighted by molar-refractivity contribution is 7.89. The minimum Gasteiger partial charge on any atom is -0.497 e. The van der Waals surface area contributed by atoms with Crippen molar-refractivity contribution in [3.63, 3.8) is 0 Å². The number of aryl methyl sites for hydroxylation is 1. The van der Waals surface area contributed by atoms with Crippen LogP contribution >= 0.6 is 0 Å². The molecule has 220 valence electrons. The summed E-state index contributed by atoms with van der Waals surface area (Å²) in [6.07, 6.45) is 1.18. The summed E-state index contributed by atoms with van der Waals surface area (Å²) in [5.74, 6) is 0.773. The molecular weight excluding hydrogens is 530 g/mol. The Hall–Kier alpha value is -3.11. The number of likely N-dealkylation sites (tertiary alicyclic amines) is 1. The third-order valence-electron chi connectivity index (χ3n) is 7.22. The number of amides is 2. The van der Waals surface area contributed by atoms with Crippen molar-refractivity contribution in [3.05, 3.63) is 59.2 Å². The van der Waals surface area contributed by atoms with E-state index in [0.29, 0.717) is 49.5 Å². The zero-order valence-electron chi connectivity index (χ0n) is 24.6. The number of methoxy groups -OCH3 is 2. The van der Waals surface area contributed by atoms with E-state index in [4.69, 9.17) is 9.47 Å². The van der Waals surface area contributed by atoms with E-state index in [9.17, 15) is 18.0 Å². The maximum absolute atomic E-state index is 13.8. The molecule has 1 fully saturated rings. The summed E-state index contributed by atoms with van der Waals surface area (Å²) >= 11 is 0. The molecule has 0 aliphatic carbocycles. The molecule has 2 aromatic carbocycles. The Morgan fingerprint density at radius 2 is 1.57 bits per heavy atom. The standard InChI is InChI=1S/C30H43N3O6S/c1-7-40(36,37)32(19-22(2)3)21-29(34)33(20-24-10-8-23(4)9-11-24)26-12-14-31(15-13-26)30(35)25-16-27(38-5)18-28(17-25)39-6/h8-11,16-18,22,26H,7,12-15,19-21H2,1-6H3. The summed E-state index contributed by atoms with van der Waals surface area (Å²) in [5.41, 5.74) is 2.59. The van der Waals surface area contributed by atoms with Crippen molar-refractivity contribution in [2.75, 3.05) is 46.2 Å². The predicted octanol–water partition coefficient (Wildman–Crippen LogP) is 3.95. The van der Waals surface area contributed by atoms with Crippen molar-refractivity contribution < 1.29 is 27.5 Å². The van der Waals surface area contributed by atoms with E-state index < -0.39 is 10.0 Å². The van der Waals surface area contributed by atoms with E-state index in [-0.39, 0.29) is 42.6 Å². The second kappa shape index (κ2) is 14.0. The van der Waals surface area contributed by atoms with Crippen LogP contribution in [0.2, 0.25) is 0 Å². The first-order valence-corrected chi connectivity index (χ1v) is 15.4. The minimum absolute atomic E-state index is 0.0550. The number of ether oxygens (including phenoxy) is 2. The Balaban J connectivity index is 1.79. The van der Waals surface area contributed by atoms with Gasteiger partial charge < -0.3 is 19.3 Å². The molecule has 2 amide bonds. The molecule has 40 heavy (non-hydrogen) atoms. The fraction of sp³-hybridized carbons (Fsp3) is 0.533. The highest BCUT2D eigenvalue weighted by Crippen LogP contribution is 2.26. The molecule has 0 aromatic heterocycles. The van der Waals surface area contributed by atoms with E-state index in [1.165, 1.54) is 4.31 Å². The number of carbonyl (C=O) groups excluding carboxylic acids is 2. The Morgan fingerprint density at radius 3 is 2.08 bits per heavy atom. The molecule has 0 radical (unpaired) electrons. The molecule has 1 heterocycles. The number of carbonyl (C=O) groups is 2. The number of rotatable bonds is 12. The van der Waals surface area contributed by atoms with E-state index in [1.807, 2.05) is 45.0 Å². The Labute approximate surface area is 239 Å². The van der Waals surface area contributed by atoms with Crippen molar-refractivity contribution >= 4 is 21.8 Å². The summed E-state index contributed by atoms with van der Waals surface area (Å²) < 4.78 is 37.6. The minimum atomic E-state index is -3.54. The van der Waals surface area contributed by atoms with Crippen molar-refractivity contribution in [1.29, 1.82) is 0 Å². The first-order valence-electron chi connectivity index (χ1n) is 13.8.